The molecule has 0 saturated carbocycles. The van der Waals surface area contributed by atoms with Gasteiger partial charge in [0.25, 0.3) is 0 Å². The highest BCUT2D eigenvalue weighted by atomic mass is 32.2. The lowest BCUT2D eigenvalue weighted by atomic mass is 10.1. The lowest BCUT2D eigenvalue weighted by molar-refractivity contribution is -0.116. The van der Waals surface area contributed by atoms with Gasteiger partial charge < -0.3 is 10.1 Å². The van der Waals surface area contributed by atoms with E-state index in [0.717, 1.165) is 24.3 Å². The molecule has 0 radical (unpaired) electrons. The zero-order chi connectivity index (χ0) is 19.9. The first-order chi connectivity index (χ1) is 12.8. The molecule has 0 saturated heterocycles. The van der Waals surface area contributed by atoms with Crippen LogP contribution in [0.5, 0.6) is 0 Å². The van der Waals surface area contributed by atoms with Gasteiger partial charge in [0.05, 0.1) is 22.8 Å². The van der Waals surface area contributed by atoms with Crippen LogP contribution in [0.4, 0.5) is 10.1 Å². The van der Waals surface area contributed by atoms with Crippen molar-refractivity contribution in [2.24, 2.45) is 0 Å². The molecular formula is C18H19FN2O5S. The fourth-order valence-corrected chi connectivity index (χ4v) is 3.22. The van der Waals surface area contributed by atoms with Crippen molar-refractivity contribution in [2.75, 3.05) is 18.5 Å². The zero-order valence-electron chi connectivity index (χ0n) is 14.6. The van der Waals surface area contributed by atoms with Crippen molar-refractivity contribution in [3.8, 4) is 0 Å². The number of sulfonamides is 1. The Labute approximate surface area is 156 Å². The highest BCUT2D eigenvalue weighted by Gasteiger charge is 2.16. The van der Waals surface area contributed by atoms with E-state index < -0.39 is 27.7 Å². The third kappa shape index (κ3) is 5.87. The van der Waals surface area contributed by atoms with Crippen LogP contribution in [0.15, 0.2) is 53.4 Å². The van der Waals surface area contributed by atoms with E-state index in [1.165, 1.54) is 6.07 Å². The molecule has 0 bridgehead atoms. The Morgan fingerprint density at radius 3 is 2.41 bits per heavy atom. The second kappa shape index (κ2) is 9.24. The van der Waals surface area contributed by atoms with Crippen molar-refractivity contribution in [3.63, 3.8) is 0 Å². The van der Waals surface area contributed by atoms with Crippen molar-refractivity contribution >= 4 is 27.6 Å². The summed E-state index contributed by atoms with van der Waals surface area (Å²) in [5.41, 5.74) is 0.488. The number of esters is 1. The number of carbonyl (C=O) groups is 2. The summed E-state index contributed by atoms with van der Waals surface area (Å²) < 4.78 is 44.2. The van der Waals surface area contributed by atoms with Gasteiger partial charge in [-0.25, -0.2) is 22.3 Å². The summed E-state index contributed by atoms with van der Waals surface area (Å²) in [6, 6.07) is 10.7. The van der Waals surface area contributed by atoms with Crippen molar-refractivity contribution in [1.29, 1.82) is 0 Å². The molecule has 2 aromatic carbocycles. The molecule has 144 valence electrons. The molecule has 0 spiro atoms. The number of hydrogen-bond donors (Lipinski definition) is 2. The average molecular weight is 394 g/mol. The van der Waals surface area contributed by atoms with Crippen LogP contribution in [0.2, 0.25) is 0 Å². The molecule has 0 fully saturated rings. The van der Waals surface area contributed by atoms with Crippen molar-refractivity contribution in [2.45, 2.75) is 18.2 Å². The van der Waals surface area contributed by atoms with Crippen LogP contribution in [0.3, 0.4) is 0 Å². The van der Waals surface area contributed by atoms with Crippen LogP contribution in [0.1, 0.15) is 23.7 Å². The Balaban J connectivity index is 1.93. The van der Waals surface area contributed by atoms with Crippen molar-refractivity contribution in [3.05, 3.63) is 59.9 Å². The Morgan fingerprint density at radius 2 is 1.74 bits per heavy atom. The number of para-hydroxylation sites is 1. The first kappa shape index (κ1) is 20.5. The maximum Gasteiger partial charge on any atom is 0.340 e. The second-order valence-corrected chi connectivity index (χ2v) is 7.18. The van der Waals surface area contributed by atoms with Gasteiger partial charge in [0, 0.05) is 13.0 Å². The van der Waals surface area contributed by atoms with Crippen molar-refractivity contribution < 1.29 is 27.1 Å². The summed E-state index contributed by atoms with van der Waals surface area (Å²) in [5.74, 6) is -1.59. The molecule has 0 aliphatic rings. The van der Waals surface area contributed by atoms with Gasteiger partial charge in [-0.05, 0) is 43.3 Å². The van der Waals surface area contributed by atoms with E-state index in [9.17, 15) is 22.4 Å². The highest BCUT2D eigenvalue weighted by molar-refractivity contribution is 7.89. The molecule has 0 aliphatic carbocycles. The van der Waals surface area contributed by atoms with Gasteiger partial charge in [0.2, 0.25) is 15.9 Å². The minimum absolute atomic E-state index is 0.100. The van der Waals surface area contributed by atoms with Gasteiger partial charge in [-0.3, -0.25) is 4.79 Å². The Bertz CT molecular complexity index is 914. The minimum Gasteiger partial charge on any atom is -0.462 e. The summed E-state index contributed by atoms with van der Waals surface area (Å²) in [7, 11) is -3.85. The maximum atomic E-state index is 12.9. The average Bonchev–Trinajstić information content (AvgIpc) is 2.62. The molecule has 27 heavy (non-hydrogen) atoms. The molecule has 0 aliphatic heterocycles. The molecule has 2 aromatic rings. The number of halogens is 1. The van der Waals surface area contributed by atoms with Gasteiger partial charge >= 0.3 is 5.97 Å². The van der Waals surface area contributed by atoms with E-state index in [1.807, 2.05) is 0 Å². The first-order valence-corrected chi connectivity index (χ1v) is 9.63. The Morgan fingerprint density at radius 1 is 1.07 bits per heavy atom. The van der Waals surface area contributed by atoms with Gasteiger partial charge in [-0.15, -0.1) is 0 Å². The smallest absolute Gasteiger partial charge is 0.340 e. The number of carbonyl (C=O) groups excluding carboxylic acids is 2. The molecule has 0 aromatic heterocycles. The van der Waals surface area contributed by atoms with Gasteiger partial charge in [-0.1, -0.05) is 12.1 Å². The Hall–Kier alpha value is -2.78. The van der Waals surface area contributed by atoms with Crippen molar-refractivity contribution in [1.82, 2.24) is 4.72 Å². The number of amides is 1. The fraction of sp³-hybridized carbons (Fsp3) is 0.222. The first-order valence-electron chi connectivity index (χ1n) is 8.14. The van der Waals surface area contributed by atoms with Gasteiger partial charge in [0.15, 0.2) is 0 Å². The molecule has 9 heteroatoms. The zero-order valence-corrected chi connectivity index (χ0v) is 15.4. The lowest BCUT2D eigenvalue weighted by Crippen LogP contribution is -2.28. The molecular weight excluding hydrogens is 375 g/mol. The standard InChI is InChI=1S/C18H19FN2O5S/c1-2-26-18(23)15-5-3-4-6-16(15)21-17(22)11-12-20-27(24,25)14-9-7-13(19)8-10-14/h3-10,20H,2,11-12H2,1H3,(H,21,22). The van der Waals surface area contributed by atoms with Gasteiger partial charge in [0.1, 0.15) is 5.82 Å². The predicted octanol–water partition coefficient (Wildman–Crippen LogP) is 2.31. The van der Waals surface area contributed by atoms with Gasteiger partial charge in [-0.2, -0.15) is 0 Å². The highest BCUT2D eigenvalue weighted by Crippen LogP contribution is 2.16. The van der Waals surface area contributed by atoms with Crippen LogP contribution in [0, 0.1) is 5.82 Å². The summed E-state index contributed by atoms with van der Waals surface area (Å²) in [4.78, 5) is 23.8. The molecule has 0 heterocycles. The molecule has 2 rings (SSSR count). The number of benzene rings is 2. The molecule has 0 unspecified atom stereocenters. The number of hydrogen-bond acceptors (Lipinski definition) is 5. The van der Waals surface area contributed by atoms with Crippen LogP contribution < -0.4 is 10.0 Å². The summed E-state index contributed by atoms with van der Waals surface area (Å²) in [6.07, 6.45) is -0.155. The van der Waals surface area contributed by atoms with Crippen LogP contribution >= 0.6 is 0 Å². The quantitative estimate of drug-likeness (QED) is 0.669. The Kier molecular flexibility index (Phi) is 7.03. The third-order valence-electron chi connectivity index (χ3n) is 3.46. The SMILES string of the molecule is CCOC(=O)c1ccccc1NC(=O)CCNS(=O)(=O)c1ccc(F)cc1. The minimum atomic E-state index is -3.85. The maximum absolute atomic E-state index is 12.9. The van der Waals surface area contributed by atoms with Crippen LogP contribution in [-0.2, 0) is 19.6 Å². The predicted molar refractivity (Wildman–Crippen MR) is 97.2 cm³/mol. The lowest BCUT2D eigenvalue weighted by Gasteiger charge is -2.11. The normalized spacial score (nSPS) is 11.0. The number of nitrogens with one attached hydrogen (secondary N) is 2. The van der Waals surface area contributed by atoms with E-state index in [-0.39, 0.29) is 35.7 Å². The molecule has 2 N–H and O–H groups in total. The van der Waals surface area contributed by atoms with E-state index in [4.69, 9.17) is 4.74 Å². The number of anilines is 1. The van der Waals surface area contributed by atoms with E-state index >= 15 is 0 Å². The topological polar surface area (TPSA) is 102 Å². The third-order valence-corrected chi connectivity index (χ3v) is 4.94. The van der Waals surface area contributed by atoms with Crippen LogP contribution in [-0.4, -0.2) is 33.4 Å². The van der Waals surface area contributed by atoms with E-state index in [1.54, 1.807) is 25.1 Å². The van der Waals surface area contributed by atoms with E-state index in [0.29, 0.717) is 0 Å². The summed E-state index contributed by atoms with van der Waals surface area (Å²) in [6.45, 7) is 1.71. The molecule has 7 nitrogen and oxygen atoms in total. The number of ether oxygens (including phenoxy) is 1. The second-order valence-electron chi connectivity index (χ2n) is 5.42. The summed E-state index contributed by atoms with van der Waals surface area (Å²) in [5, 5.41) is 2.56. The van der Waals surface area contributed by atoms with Crippen LogP contribution in [0.25, 0.3) is 0 Å². The monoisotopic (exact) mass is 394 g/mol. The van der Waals surface area contributed by atoms with E-state index in [2.05, 4.69) is 10.0 Å². The fourth-order valence-electron chi connectivity index (χ4n) is 2.19. The number of rotatable bonds is 8. The molecule has 1 amide bonds. The largest absolute Gasteiger partial charge is 0.462 e. The summed E-state index contributed by atoms with van der Waals surface area (Å²) >= 11 is 0. The molecule has 0 atom stereocenters.